The first-order valence-corrected chi connectivity index (χ1v) is 9.44. The molecule has 1 aliphatic rings. The minimum atomic E-state index is -1.29. The molecule has 3 rings (SSSR count). The Labute approximate surface area is 172 Å². The van der Waals surface area contributed by atoms with E-state index >= 15 is 0 Å². The van der Waals surface area contributed by atoms with E-state index < -0.39 is 42.7 Å². The van der Waals surface area contributed by atoms with Gasteiger partial charge in [0.1, 0.15) is 40.8 Å². The molecule has 6 N–H and O–H groups in total. The van der Waals surface area contributed by atoms with Crippen molar-refractivity contribution in [3.63, 3.8) is 0 Å². The fourth-order valence-corrected chi connectivity index (χ4v) is 3.29. The van der Waals surface area contributed by atoms with Gasteiger partial charge in [0.25, 0.3) is 0 Å². The molecule has 1 aliphatic heterocycles. The molecule has 2 aromatic rings. The number of aromatic hydroxyl groups is 3. The standard InChI is InChI=1S/C21H24O9/c22-10-18-21(28)16(27)9-19(30-18)29-17-8-13(24)7-15(26)20(17)14(25)6-3-11-1-4-12(23)5-2-11/h1-2,4-5,7-8,16,18-19,21-24,26-28H,3,6,9-10H2/t16?,18?,19?,21-/m0/s1. The Morgan fingerprint density at radius 3 is 2.43 bits per heavy atom. The van der Waals surface area contributed by atoms with Crippen LogP contribution in [-0.4, -0.2) is 67.6 Å². The van der Waals surface area contributed by atoms with Gasteiger partial charge in [0.05, 0.1) is 12.7 Å². The minimum absolute atomic E-state index is 0.0194. The average molecular weight is 420 g/mol. The maximum absolute atomic E-state index is 12.8. The fourth-order valence-electron chi connectivity index (χ4n) is 3.29. The second-order valence-electron chi connectivity index (χ2n) is 7.13. The number of carbonyl (C=O) groups is 1. The molecule has 1 fully saturated rings. The van der Waals surface area contributed by atoms with Crippen molar-refractivity contribution >= 4 is 5.78 Å². The van der Waals surface area contributed by atoms with Gasteiger partial charge in [-0.2, -0.15) is 0 Å². The van der Waals surface area contributed by atoms with Crippen molar-refractivity contribution in [3.8, 4) is 23.0 Å². The summed E-state index contributed by atoms with van der Waals surface area (Å²) in [6.45, 7) is -0.554. The number of phenols is 3. The number of aryl methyl sites for hydroxylation is 1. The van der Waals surface area contributed by atoms with Crippen LogP contribution in [0.1, 0.15) is 28.8 Å². The largest absolute Gasteiger partial charge is 0.508 e. The number of ether oxygens (including phenoxy) is 2. The number of benzene rings is 2. The number of carbonyl (C=O) groups excluding carboxylic acids is 1. The SMILES string of the molecule is O=C(CCc1ccc(O)cc1)c1c(O)cc(O)cc1OC1CC(O)[C@H](O)C(CO)O1. The van der Waals surface area contributed by atoms with Crippen LogP contribution < -0.4 is 4.74 Å². The highest BCUT2D eigenvalue weighted by Crippen LogP contribution is 2.36. The van der Waals surface area contributed by atoms with Crippen molar-refractivity contribution in [2.45, 2.75) is 43.9 Å². The molecule has 4 atom stereocenters. The van der Waals surface area contributed by atoms with Gasteiger partial charge in [-0.3, -0.25) is 4.79 Å². The van der Waals surface area contributed by atoms with Crippen molar-refractivity contribution < 1.29 is 44.9 Å². The molecular formula is C21H24O9. The van der Waals surface area contributed by atoms with Gasteiger partial charge in [-0.05, 0) is 24.1 Å². The molecule has 0 aliphatic carbocycles. The molecule has 9 nitrogen and oxygen atoms in total. The van der Waals surface area contributed by atoms with Gasteiger partial charge < -0.3 is 40.1 Å². The summed E-state index contributed by atoms with van der Waals surface area (Å²) in [7, 11) is 0. The van der Waals surface area contributed by atoms with E-state index in [4.69, 9.17) is 9.47 Å². The smallest absolute Gasteiger partial charge is 0.202 e. The van der Waals surface area contributed by atoms with Crippen LogP contribution in [0.25, 0.3) is 0 Å². The number of ketones is 1. The molecule has 2 aromatic carbocycles. The Morgan fingerprint density at radius 1 is 1.07 bits per heavy atom. The summed E-state index contributed by atoms with van der Waals surface area (Å²) < 4.78 is 11.0. The minimum Gasteiger partial charge on any atom is -0.508 e. The van der Waals surface area contributed by atoms with Crippen LogP contribution in [0.5, 0.6) is 23.0 Å². The van der Waals surface area contributed by atoms with Gasteiger partial charge in [0, 0.05) is 25.0 Å². The lowest BCUT2D eigenvalue weighted by atomic mass is 10.00. The lowest BCUT2D eigenvalue weighted by molar-refractivity contribution is -0.230. The van der Waals surface area contributed by atoms with Crippen LogP contribution in [0.2, 0.25) is 0 Å². The third-order valence-corrected chi connectivity index (χ3v) is 4.90. The van der Waals surface area contributed by atoms with E-state index in [1.807, 2.05) is 0 Å². The third-order valence-electron chi connectivity index (χ3n) is 4.90. The third kappa shape index (κ3) is 5.00. The lowest BCUT2D eigenvalue weighted by Crippen LogP contribution is -2.51. The summed E-state index contributed by atoms with van der Waals surface area (Å²) in [4.78, 5) is 12.8. The summed E-state index contributed by atoms with van der Waals surface area (Å²) in [6.07, 6.45) is -4.50. The van der Waals surface area contributed by atoms with E-state index in [1.165, 1.54) is 12.1 Å². The zero-order valence-corrected chi connectivity index (χ0v) is 16.0. The van der Waals surface area contributed by atoms with Crippen molar-refractivity contribution in [1.82, 2.24) is 0 Å². The van der Waals surface area contributed by atoms with Gasteiger partial charge in [0.2, 0.25) is 6.29 Å². The molecule has 1 saturated heterocycles. The number of rotatable bonds is 7. The fraction of sp³-hybridized carbons (Fsp3) is 0.381. The topological polar surface area (TPSA) is 157 Å². The van der Waals surface area contributed by atoms with Gasteiger partial charge >= 0.3 is 0 Å². The van der Waals surface area contributed by atoms with Gasteiger partial charge in [-0.15, -0.1) is 0 Å². The lowest BCUT2D eigenvalue weighted by Gasteiger charge is -2.36. The number of hydrogen-bond donors (Lipinski definition) is 6. The average Bonchev–Trinajstić information content (AvgIpc) is 2.69. The van der Waals surface area contributed by atoms with Crippen molar-refractivity contribution in [2.75, 3.05) is 6.61 Å². The first-order valence-electron chi connectivity index (χ1n) is 9.44. The van der Waals surface area contributed by atoms with Gasteiger partial charge in [-0.1, -0.05) is 12.1 Å². The van der Waals surface area contributed by atoms with E-state index in [0.717, 1.165) is 17.7 Å². The van der Waals surface area contributed by atoms with Gasteiger partial charge in [-0.25, -0.2) is 0 Å². The van der Waals surface area contributed by atoms with E-state index in [0.29, 0.717) is 6.42 Å². The van der Waals surface area contributed by atoms with E-state index in [9.17, 15) is 35.4 Å². The van der Waals surface area contributed by atoms with Crippen LogP contribution in [0, 0.1) is 0 Å². The monoisotopic (exact) mass is 420 g/mol. The molecule has 3 unspecified atom stereocenters. The Kier molecular flexibility index (Phi) is 6.78. The number of hydrogen-bond acceptors (Lipinski definition) is 9. The number of aliphatic hydroxyl groups is 3. The molecule has 1 heterocycles. The number of aliphatic hydroxyl groups excluding tert-OH is 3. The molecule has 0 amide bonds. The Balaban J connectivity index is 1.78. The molecule has 30 heavy (non-hydrogen) atoms. The maximum atomic E-state index is 12.8. The number of Topliss-reactive ketones (excluding diaryl/α,β-unsaturated/α-hetero) is 1. The highest BCUT2D eigenvalue weighted by atomic mass is 16.7. The zero-order chi connectivity index (χ0) is 21.8. The zero-order valence-electron chi connectivity index (χ0n) is 16.0. The van der Waals surface area contributed by atoms with Crippen molar-refractivity contribution in [3.05, 3.63) is 47.5 Å². The summed E-state index contributed by atoms with van der Waals surface area (Å²) in [5.41, 5.74) is 0.650. The first kappa shape index (κ1) is 21.8. The molecule has 0 spiro atoms. The highest BCUT2D eigenvalue weighted by Gasteiger charge is 2.38. The van der Waals surface area contributed by atoms with Crippen LogP contribution in [-0.2, 0) is 11.2 Å². The first-order chi connectivity index (χ1) is 14.3. The second kappa shape index (κ2) is 9.31. The Hall–Kier alpha value is -2.85. The molecule has 162 valence electrons. The molecule has 0 aromatic heterocycles. The molecular weight excluding hydrogens is 396 g/mol. The normalized spacial score (nSPS) is 23.8. The predicted molar refractivity (Wildman–Crippen MR) is 104 cm³/mol. The number of phenolic OH excluding ortho intramolecular Hbond substituents is 3. The summed E-state index contributed by atoms with van der Waals surface area (Å²) >= 11 is 0. The molecule has 0 bridgehead atoms. The van der Waals surface area contributed by atoms with E-state index in [1.54, 1.807) is 12.1 Å². The van der Waals surface area contributed by atoms with Crippen LogP contribution in [0.3, 0.4) is 0 Å². The summed E-state index contributed by atoms with van der Waals surface area (Å²) in [5, 5.41) is 58.4. The highest BCUT2D eigenvalue weighted by molar-refractivity contribution is 6.01. The van der Waals surface area contributed by atoms with Crippen molar-refractivity contribution in [2.24, 2.45) is 0 Å². The molecule has 9 heteroatoms. The Morgan fingerprint density at radius 2 is 1.77 bits per heavy atom. The van der Waals surface area contributed by atoms with Crippen LogP contribution in [0.15, 0.2) is 36.4 Å². The van der Waals surface area contributed by atoms with E-state index in [-0.39, 0.29) is 35.7 Å². The second-order valence-corrected chi connectivity index (χ2v) is 7.13. The van der Waals surface area contributed by atoms with Crippen LogP contribution >= 0.6 is 0 Å². The van der Waals surface area contributed by atoms with Crippen molar-refractivity contribution in [1.29, 1.82) is 0 Å². The molecule has 0 saturated carbocycles. The quantitative estimate of drug-likeness (QED) is 0.357. The Bertz CT molecular complexity index is 881. The molecule has 0 radical (unpaired) electrons. The maximum Gasteiger partial charge on any atom is 0.202 e. The van der Waals surface area contributed by atoms with E-state index in [2.05, 4.69) is 0 Å². The van der Waals surface area contributed by atoms with Gasteiger partial charge in [0.15, 0.2) is 5.78 Å². The summed E-state index contributed by atoms with van der Waals surface area (Å²) in [5.74, 6) is -1.31. The van der Waals surface area contributed by atoms with Crippen LogP contribution in [0.4, 0.5) is 0 Å². The predicted octanol–water partition coefficient (Wildman–Crippen LogP) is 0.827. The summed E-state index contributed by atoms with van der Waals surface area (Å²) in [6, 6.07) is 8.51.